The van der Waals surface area contributed by atoms with Crippen molar-refractivity contribution >= 4 is 0 Å². The highest BCUT2D eigenvalue weighted by Crippen LogP contribution is 2.29. The molecule has 1 aromatic rings. The van der Waals surface area contributed by atoms with Crippen LogP contribution in [0.2, 0.25) is 0 Å². The van der Waals surface area contributed by atoms with Crippen LogP contribution in [0, 0.1) is 17.2 Å². The summed E-state index contributed by atoms with van der Waals surface area (Å²) in [6, 6.07) is 8.71. The van der Waals surface area contributed by atoms with Gasteiger partial charge in [0, 0.05) is 12.6 Å². The van der Waals surface area contributed by atoms with Crippen molar-refractivity contribution in [3.05, 3.63) is 29.3 Å². The van der Waals surface area contributed by atoms with E-state index in [1.54, 1.807) is 7.11 Å². The lowest BCUT2D eigenvalue weighted by atomic mass is 9.85. The second-order valence-electron chi connectivity index (χ2n) is 5.89. The summed E-state index contributed by atoms with van der Waals surface area (Å²) in [5.74, 6) is 1.45. The predicted octanol–water partition coefficient (Wildman–Crippen LogP) is 3.58. The van der Waals surface area contributed by atoms with E-state index < -0.39 is 0 Å². The average Bonchev–Trinajstić information content (AvgIpc) is 2.47. The molecule has 2 atom stereocenters. The summed E-state index contributed by atoms with van der Waals surface area (Å²) in [7, 11) is 3.82. The van der Waals surface area contributed by atoms with Gasteiger partial charge in [-0.15, -0.1) is 0 Å². The Labute approximate surface area is 122 Å². The molecule has 0 radical (unpaired) electrons. The maximum Gasteiger partial charge on any atom is 0.136 e. The number of hydrogen-bond acceptors (Lipinski definition) is 3. The van der Waals surface area contributed by atoms with E-state index in [1.165, 1.54) is 31.2 Å². The van der Waals surface area contributed by atoms with Crippen molar-refractivity contribution in [2.75, 3.05) is 14.2 Å². The Kier molecular flexibility index (Phi) is 5.03. The van der Waals surface area contributed by atoms with Gasteiger partial charge in [0.15, 0.2) is 0 Å². The highest BCUT2D eigenvalue weighted by atomic mass is 16.5. The van der Waals surface area contributed by atoms with Crippen LogP contribution in [0.1, 0.15) is 43.7 Å². The van der Waals surface area contributed by atoms with Gasteiger partial charge in [0.1, 0.15) is 11.8 Å². The first-order valence-electron chi connectivity index (χ1n) is 7.43. The van der Waals surface area contributed by atoms with Gasteiger partial charge in [0.2, 0.25) is 0 Å². The minimum absolute atomic E-state index is 0.602. The highest BCUT2D eigenvalue weighted by molar-refractivity contribution is 5.45. The third-order valence-electron chi connectivity index (χ3n) is 4.45. The monoisotopic (exact) mass is 272 g/mol. The van der Waals surface area contributed by atoms with Gasteiger partial charge in [-0.05, 0) is 43.5 Å². The fraction of sp³-hybridized carbons (Fsp3) is 0.588. The second kappa shape index (κ2) is 6.76. The molecule has 20 heavy (non-hydrogen) atoms. The Morgan fingerprint density at radius 3 is 2.75 bits per heavy atom. The van der Waals surface area contributed by atoms with Crippen LogP contribution in [0.15, 0.2) is 18.2 Å². The molecule has 0 bridgehead atoms. The van der Waals surface area contributed by atoms with E-state index in [-0.39, 0.29) is 0 Å². The van der Waals surface area contributed by atoms with Gasteiger partial charge < -0.3 is 4.74 Å². The van der Waals surface area contributed by atoms with Crippen molar-refractivity contribution in [3.63, 3.8) is 0 Å². The Balaban J connectivity index is 2.07. The minimum atomic E-state index is 0.602. The summed E-state index contributed by atoms with van der Waals surface area (Å²) in [5, 5.41) is 9.02. The Morgan fingerprint density at radius 1 is 1.35 bits per heavy atom. The first kappa shape index (κ1) is 14.9. The highest BCUT2D eigenvalue weighted by Gasteiger charge is 2.24. The normalized spacial score (nSPS) is 22.6. The number of ether oxygens (including phenoxy) is 1. The van der Waals surface area contributed by atoms with Gasteiger partial charge in [-0.25, -0.2) is 0 Å². The lowest BCUT2D eigenvalue weighted by Gasteiger charge is -2.36. The molecule has 0 N–H and O–H groups in total. The Hall–Kier alpha value is -1.53. The predicted molar refractivity (Wildman–Crippen MR) is 80.6 cm³/mol. The van der Waals surface area contributed by atoms with E-state index >= 15 is 0 Å². The number of methoxy groups -OCH3 is 1. The Bertz CT molecular complexity index is 492. The summed E-state index contributed by atoms with van der Waals surface area (Å²) < 4.78 is 5.28. The number of nitriles is 1. The van der Waals surface area contributed by atoms with E-state index in [0.29, 0.717) is 17.4 Å². The molecule has 1 aliphatic rings. The molecule has 1 fully saturated rings. The molecule has 2 unspecified atom stereocenters. The molecule has 108 valence electrons. The standard InChI is InChI=1S/C17H24N2O/c1-13-6-4-5-7-16(13)19(2)12-14-8-9-15(11-18)17(10-14)20-3/h8-10,13,16H,4-7,12H2,1-3H3. The van der Waals surface area contributed by atoms with Gasteiger partial charge in [0.05, 0.1) is 12.7 Å². The first-order chi connectivity index (χ1) is 9.65. The van der Waals surface area contributed by atoms with Crippen molar-refractivity contribution in [3.8, 4) is 11.8 Å². The zero-order valence-corrected chi connectivity index (χ0v) is 12.7. The molecular formula is C17H24N2O. The van der Waals surface area contributed by atoms with Crippen LogP contribution in [0.4, 0.5) is 0 Å². The van der Waals surface area contributed by atoms with Crippen LogP contribution in [0.3, 0.4) is 0 Å². The number of nitrogens with zero attached hydrogens (tertiary/aromatic N) is 2. The van der Waals surface area contributed by atoms with Crippen molar-refractivity contribution < 1.29 is 4.74 Å². The van der Waals surface area contributed by atoms with Gasteiger partial charge in [-0.1, -0.05) is 25.8 Å². The van der Waals surface area contributed by atoms with Gasteiger partial charge in [-0.2, -0.15) is 5.26 Å². The van der Waals surface area contributed by atoms with E-state index in [2.05, 4.69) is 24.9 Å². The van der Waals surface area contributed by atoms with Crippen LogP contribution in [-0.4, -0.2) is 25.1 Å². The summed E-state index contributed by atoms with van der Waals surface area (Å²) in [6.07, 6.45) is 5.35. The molecule has 0 amide bonds. The molecule has 3 heteroatoms. The van der Waals surface area contributed by atoms with Crippen LogP contribution < -0.4 is 4.74 Å². The largest absolute Gasteiger partial charge is 0.495 e. The number of benzene rings is 1. The van der Waals surface area contributed by atoms with E-state index in [1.807, 2.05) is 18.2 Å². The number of rotatable bonds is 4. The summed E-state index contributed by atoms with van der Waals surface area (Å²) in [6.45, 7) is 3.27. The molecule has 1 saturated carbocycles. The molecule has 0 heterocycles. The fourth-order valence-electron chi connectivity index (χ4n) is 3.28. The number of hydrogen-bond donors (Lipinski definition) is 0. The van der Waals surface area contributed by atoms with Gasteiger partial charge >= 0.3 is 0 Å². The SMILES string of the molecule is COc1cc(CN(C)C2CCCCC2C)ccc1C#N. The summed E-state index contributed by atoms with van der Waals surface area (Å²) >= 11 is 0. The maximum absolute atomic E-state index is 9.02. The molecule has 0 spiro atoms. The molecule has 2 rings (SSSR count). The second-order valence-corrected chi connectivity index (χ2v) is 5.89. The van der Waals surface area contributed by atoms with E-state index in [9.17, 15) is 0 Å². The zero-order chi connectivity index (χ0) is 14.5. The van der Waals surface area contributed by atoms with Crippen molar-refractivity contribution in [1.29, 1.82) is 5.26 Å². The lowest BCUT2D eigenvalue weighted by Crippen LogP contribution is -2.38. The molecule has 0 aliphatic heterocycles. The molecule has 0 aromatic heterocycles. The van der Waals surface area contributed by atoms with Crippen molar-refractivity contribution in [2.24, 2.45) is 5.92 Å². The molecule has 1 aliphatic carbocycles. The van der Waals surface area contributed by atoms with Crippen LogP contribution in [-0.2, 0) is 6.54 Å². The topological polar surface area (TPSA) is 36.3 Å². The quantitative estimate of drug-likeness (QED) is 0.840. The average molecular weight is 272 g/mol. The van der Waals surface area contributed by atoms with Crippen LogP contribution in [0.5, 0.6) is 5.75 Å². The Morgan fingerprint density at radius 2 is 2.10 bits per heavy atom. The van der Waals surface area contributed by atoms with Gasteiger partial charge in [0.25, 0.3) is 0 Å². The smallest absolute Gasteiger partial charge is 0.136 e. The zero-order valence-electron chi connectivity index (χ0n) is 12.7. The van der Waals surface area contributed by atoms with Gasteiger partial charge in [-0.3, -0.25) is 4.90 Å². The fourth-order valence-corrected chi connectivity index (χ4v) is 3.28. The summed E-state index contributed by atoms with van der Waals surface area (Å²) in [4.78, 5) is 2.45. The molecular weight excluding hydrogens is 248 g/mol. The van der Waals surface area contributed by atoms with Crippen LogP contribution in [0.25, 0.3) is 0 Å². The minimum Gasteiger partial charge on any atom is -0.495 e. The molecule has 1 aromatic carbocycles. The van der Waals surface area contributed by atoms with Crippen LogP contribution >= 0.6 is 0 Å². The lowest BCUT2D eigenvalue weighted by molar-refractivity contribution is 0.133. The molecule has 3 nitrogen and oxygen atoms in total. The van der Waals surface area contributed by atoms with Crippen molar-refractivity contribution in [2.45, 2.75) is 45.2 Å². The van der Waals surface area contributed by atoms with Crippen molar-refractivity contribution in [1.82, 2.24) is 4.90 Å². The third-order valence-corrected chi connectivity index (χ3v) is 4.45. The maximum atomic E-state index is 9.02. The van der Waals surface area contributed by atoms with E-state index in [4.69, 9.17) is 10.00 Å². The first-order valence-corrected chi connectivity index (χ1v) is 7.43. The summed E-state index contributed by atoms with van der Waals surface area (Å²) in [5.41, 5.74) is 1.81. The van der Waals surface area contributed by atoms with E-state index in [0.717, 1.165) is 12.5 Å². The third kappa shape index (κ3) is 3.32. The molecule has 0 saturated heterocycles.